The van der Waals surface area contributed by atoms with Gasteiger partial charge in [-0.15, -0.1) is 0 Å². The first-order valence-corrected chi connectivity index (χ1v) is 14.8. The van der Waals surface area contributed by atoms with Gasteiger partial charge in [0.05, 0.1) is 18.0 Å². The Balaban J connectivity index is 1.23. The second-order valence-electron chi connectivity index (χ2n) is 12.8. The molecule has 0 amide bonds. The van der Waals surface area contributed by atoms with Gasteiger partial charge in [0, 0.05) is 22.9 Å². The summed E-state index contributed by atoms with van der Waals surface area (Å²) in [6, 6.07) is 3.59. The molecule has 206 valence electrons. The number of allylic oxidation sites excluding steroid dienone is 4. The van der Waals surface area contributed by atoms with Crippen LogP contribution in [0.25, 0.3) is 11.2 Å². The summed E-state index contributed by atoms with van der Waals surface area (Å²) in [4.78, 5) is 35.1. The van der Waals surface area contributed by atoms with Crippen LogP contribution in [-0.2, 0) is 19.1 Å². The van der Waals surface area contributed by atoms with Crippen molar-refractivity contribution in [1.82, 2.24) is 9.97 Å². The van der Waals surface area contributed by atoms with Crippen molar-refractivity contribution in [2.24, 2.45) is 28.6 Å². The number of thioether (sulfide) groups is 1. The molecule has 7 rings (SSSR count). The number of aliphatic hydroxyl groups excluding tert-OH is 1. The van der Waals surface area contributed by atoms with Gasteiger partial charge in [-0.3, -0.25) is 9.59 Å². The van der Waals surface area contributed by atoms with E-state index in [2.05, 4.69) is 23.8 Å². The first kappa shape index (κ1) is 25.6. The Morgan fingerprint density at radius 2 is 2.08 bits per heavy atom. The lowest BCUT2D eigenvalue weighted by Crippen LogP contribution is -2.63. The number of carbonyl (C=O) groups is 2. The van der Waals surface area contributed by atoms with Crippen LogP contribution in [0.5, 0.6) is 0 Å². The fourth-order valence-electron chi connectivity index (χ4n) is 8.97. The second kappa shape index (κ2) is 8.35. The van der Waals surface area contributed by atoms with Crippen LogP contribution in [0, 0.1) is 28.6 Å². The van der Waals surface area contributed by atoms with Crippen LogP contribution in [0.15, 0.2) is 51.8 Å². The number of nitrogens with zero attached hydrogens (tertiary/aromatic N) is 2. The van der Waals surface area contributed by atoms with Crippen molar-refractivity contribution in [3.05, 3.63) is 42.1 Å². The Morgan fingerprint density at radius 1 is 1.26 bits per heavy atom. The highest BCUT2D eigenvalue weighted by atomic mass is 32.2. The number of oxazole rings is 1. The number of Topliss-reactive ketones (excluding diaryl/α,β-unsaturated/α-hetero) is 1. The fraction of sp³-hybridized carbons (Fsp3) is 0.600. The van der Waals surface area contributed by atoms with E-state index < -0.39 is 29.0 Å². The molecule has 39 heavy (non-hydrogen) atoms. The standard InChI is InChI=1S/C30H34N2O6S/c1-27(2)37-23-13-19-18-8-7-16-12-17(33)9-10-28(16,3)24(18)20(34)14-29(19,4)30(23,38-27)22(35)15-39-26-32-25-21(36-26)6-5-11-31-25/h5-6,9-12,18-20,23-24,34H,7-8,13-15H2,1-4H3/t18?,19?,20-,23+,24?,28?,29?,30+/m0/s1. The number of pyridine rings is 1. The molecule has 0 bridgehead atoms. The second-order valence-corrected chi connectivity index (χ2v) is 13.7. The zero-order chi connectivity index (χ0) is 27.4. The van der Waals surface area contributed by atoms with Crippen molar-refractivity contribution >= 4 is 34.6 Å². The topological polar surface area (TPSA) is 112 Å². The van der Waals surface area contributed by atoms with Crippen LogP contribution in [0.2, 0.25) is 0 Å². The highest BCUT2D eigenvalue weighted by Gasteiger charge is 2.76. The number of aromatic nitrogens is 2. The number of ether oxygens (including phenoxy) is 2. The average molecular weight is 551 g/mol. The van der Waals surface area contributed by atoms with E-state index in [1.807, 2.05) is 19.9 Å². The molecule has 1 N–H and O–H groups in total. The number of ketones is 2. The number of rotatable bonds is 4. The molecular weight excluding hydrogens is 516 g/mol. The van der Waals surface area contributed by atoms with Crippen molar-refractivity contribution in [3.8, 4) is 0 Å². The Morgan fingerprint density at radius 3 is 2.87 bits per heavy atom. The van der Waals surface area contributed by atoms with Crippen LogP contribution in [0.1, 0.15) is 53.4 Å². The first-order valence-electron chi connectivity index (χ1n) is 13.8. The summed E-state index contributed by atoms with van der Waals surface area (Å²) in [5.41, 5.74) is 0.0393. The quantitative estimate of drug-likeness (QED) is 0.543. The predicted molar refractivity (Wildman–Crippen MR) is 144 cm³/mol. The van der Waals surface area contributed by atoms with Crippen molar-refractivity contribution < 1.29 is 28.6 Å². The van der Waals surface area contributed by atoms with E-state index in [1.54, 1.807) is 30.5 Å². The molecule has 3 heterocycles. The number of hydrogen-bond acceptors (Lipinski definition) is 9. The highest BCUT2D eigenvalue weighted by Crippen LogP contribution is 2.70. The number of fused-ring (bicyclic) bond motifs is 8. The SMILES string of the molecule is CC1(C)O[C@@H]2CC3C4CCC5=CC(=O)C=CC5(C)C4[C@@H](O)CC3(C)[C@]2(C(=O)CSc2nc3ncccc3o2)O1. The summed E-state index contributed by atoms with van der Waals surface area (Å²) in [6.45, 7) is 8.01. The van der Waals surface area contributed by atoms with Gasteiger partial charge < -0.3 is 19.0 Å². The molecule has 0 aromatic carbocycles. The molecule has 2 aromatic rings. The van der Waals surface area contributed by atoms with Gasteiger partial charge in [0.15, 0.2) is 34.2 Å². The lowest BCUT2D eigenvalue weighted by Gasteiger charge is -2.60. The maximum absolute atomic E-state index is 14.3. The molecule has 3 saturated carbocycles. The third kappa shape index (κ3) is 3.49. The van der Waals surface area contributed by atoms with Crippen molar-refractivity contribution in [2.45, 2.75) is 82.2 Å². The third-order valence-corrected chi connectivity index (χ3v) is 11.2. The van der Waals surface area contributed by atoms with E-state index in [0.29, 0.717) is 29.3 Å². The molecule has 5 aliphatic rings. The number of carbonyl (C=O) groups excluding carboxylic acids is 2. The molecular formula is C30H34N2O6S. The molecule has 0 radical (unpaired) electrons. The van der Waals surface area contributed by atoms with Crippen LogP contribution in [0.4, 0.5) is 0 Å². The molecule has 4 fully saturated rings. The molecule has 5 unspecified atom stereocenters. The zero-order valence-corrected chi connectivity index (χ0v) is 23.5. The summed E-state index contributed by atoms with van der Waals surface area (Å²) in [5.74, 6) is -0.542. The summed E-state index contributed by atoms with van der Waals surface area (Å²) in [7, 11) is 0. The van der Waals surface area contributed by atoms with Gasteiger partial charge in [0.25, 0.3) is 5.22 Å². The van der Waals surface area contributed by atoms with E-state index in [-0.39, 0.29) is 40.5 Å². The molecule has 9 heteroatoms. The number of aliphatic hydroxyl groups is 1. The van der Waals surface area contributed by atoms with Gasteiger partial charge in [-0.1, -0.05) is 37.3 Å². The predicted octanol–water partition coefficient (Wildman–Crippen LogP) is 4.66. The Bertz CT molecular complexity index is 1410. The lowest BCUT2D eigenvalue weighted by atomic mass is 9.46. The Kier molecular flexibility index (Phi) is 5.48. The smallest absolute Gasteiger partial charge is 0.258 e. The molecule has 0 spiro atoms. The van der Waals surface area contributed by atoms with E-state index >= 15 is 0 Å². The van der Waals surface area contributed by atoms with Gasteiger partial charge in [-0.25, -0.2) is 4.98 Å². The maximum atomic E-state index is 14.3. The van der Waals surface area contributed by atoms with Crippen LogP contribution in [-0.4, -0.2) is 56.0 Å². The van der Waals surface area contributed by atoms with Gasteiger partial charge >= 0.3 is 0 Å². The zero-order valence-electron chi connectivity index (χ0n) is 22.7. The summed E-state index contributed by atoms with van der Waals surface area (Å²) in [6.07, 6.45) is 8.85. The first-order chi connectivity index (χ1) is 18.5. The van der Waals surface area contributed by atoms with Gasteiger partial charge in [-0.05, 0) is 75.7 Å². The summed E-state index contributed by atoms with van der Waals surface area (Å²) >= 11 is 1.25. The summed E-state index contributed by atoms with van der Waals surface area (Å²) in [5, 5.41) is 12.2. The third-order valence-electron chi connectivity index (χ3n) is 10.4. The monoisotopic (exact) mass is 550 g/mol. The van der Waals surface area contributed by atoms with E-state index in [4.69, 9.17) is 13.9 Å². The minimum absolute atomic E-state index is 0.0206. The summed E-state index contributed by atoms with van der Waals surface area (Å²) < 4.78 is 19.0. The van der Waals surface area contributed by atoms with Gasteiger partial charge in [0.2, 0.25) is 0 Å². The van der Waals surface area contributed by atoms with Crippen molar-refractivity contribution in [2.75, 3.05) is 5.75 Å². The fourth-order valence-corrected chi connectivity index (χ4v) is 9.74. The maximum Gasteiger partial charge on any atom is 0.258 e. The van der Waals surface area contributed by atoms with Crippen LogP contribution < -0.4 is 0 Å². The Hall–Kier alpha value is -2.33. The van der Waals surface area contributed by atoms with E-state index in [1.165, 1.54) is 11.8 Å². The molecule has 4 aliphatic carbocycles. The molecule has 8 atom stereocenters. The molecule has 1 saturated heterocycles. The van der Waals surface area contributed by atoms with Gasteiger partial charge in [-0.2, -0.15) is 4.98 Å². The minimum atomic E-state index is -1.18. The molecule has 8 nitrogen and oxygen atoms in total. The van der Waals surface area contributed by atoms with Crippen LogP contribution >= 0.6 is 11.8 Å². The normalized spacial score (nSPS) is 42.0. The minimum Gasteiger partial charge on any atom is -0.430 e. The molecule has 1 aliphatic heterocycles. The lowest BCUT2D eigenvalue weighted by molar-refractivity contribution is -0.223. The average Bonchev–Trinajstić information content (AvgIpc) is 3.49. The van der Waals surface area contributed by atoms with Crippen molar-refractivity contribution in [3.63, 3.8) is 0 Å². The Labute approximate surface area is 231 Å². The number of hydrogen-bond donors (Lipinski definition) is 1. The van der Waals surface area contributed by atoms with E-state index in [0.717, 1.165) is 18.4 Å². The highest BCUT2D eigenvalue weighted by molar-refractivity contribution is 7.99. The molecule has 2 aromatic heterocycles. The van der Waals surface area contributed by atoms with E-state index in [9.17, 15) is 14.7 Å². The van der Waals surface area contributed by atoms with Crippen molar-refractivity contribution in [1.29, 1.82) is 0 Å². The largest absolute Gasteiger partial charge is 0.430 e. The van der Waals surface area contributed by atoms with Gasteiger partial charge in [0.1, 0.15) is 0 Å². The van der Waals surface area contributed by atoms with Crippen LogP contribution in [0.3, 0.4) is 0 Å².